The van der Waals surface area contributed by atoms with Crippen LogP contribution in [0.2, 0.25) is 5.02 Å². The number of halogens is 1. The average molecular weight is 293 g/mol. The van der Waals surface area contributed by atoms with E-state index < -0.39 is 0 Å². The number of aromatic amines is 1. The number of fused-ring (bicyclic) bond motifs is 1. The summed E-state index contributed by atoms with van der Waals surface area (Å²) in [4.78, 5) is 23.9. The minimum atomic E-state index is -0.135. The fourth-order valence-electron chi connectivity index (χ4n) is 2.52. The number of nitrogens with zero attached hydrogens (tertiary/aromatic N) is 3. The summed E-state index contributed by atoms with van der Waals surface area (Å²) < 4.78 is 0. The van der Waals surface area contributed by atoms with Crippen LogP contribution < -0.4 is 10.5 Å². The fourth-order valence-corrected chi connectivity index (χ4v) is 2.69. The first-order valence-electron chi connectivity index (χ1n) is 6.76. The summed E-state index contributed by atoms with van der Waals surface area (Å²) in [5.41, 5.74) is 1.31. The molecule has 0 amide bonds. The van der Waals surface area contributed by atoms with Crippen LogP contribution in [-0.4, -0.2) is 48.1 Å². The molecule has 1 N–H and O–H groups in total. The zero-order valence-electron chi connectivity index (χ0n) is 11.4. The molecule has 0 spiro atoms. The third-order valence-corrected chi connectivity index (χ3v) is 3.89. The number of likely N-dealkylation sites (N-methyl/N-ethyl adjacent to an activating group) is 1. The predicted molar refractivity (Wildman–Crippen MR) is 81.7 cm³/mol. The van der Waals surface area contributed by atoms with Gasteiger partial charge in [-0.05, 0) is 38.2 Å². The molecule has 5 nitrogen and oxygen atoms in total. The summed E-state index contributed by atoms with van der Waals surface area (Å²) in [6.45, 7) is 3.66. The zero-order valence-corrected chi connectivity index (χ0v) is 12.2. The van der Waals surface area contributed by atoms with E-state index in [0.29, 0.717) is 10.8 Å². The van der Waals surface area contributed by atoms with Gasteiger partial charge in [0.25, 0.3) is 5.56 Å². The normalized spacial score (nSPS) is 17.4. The lowest BCUT2D eigenvalue weighted by atomic mass is 10.3. The van der Waals surface area contributed by atoms with Gasteiger partial charge in [-0.2, -0.15) is 0 Å². The summed E-state index contributed by atoms with van der Waals surface area (Å²) in [6.07, 6.45) is 1.03. The minimum absolute atomic E-state index is 0.135. The Labute approximate surface area is 122 Å². The summed E-state index contributed by atoms with van der Waals surface area (Å²) in [5.74, 6) is 0.495. The molecule has 1 aromatic heterocycles. The molecule has 106 valence electrons. The lowest BCUT2D eigenvalue weighted by Gasteiger charge is -2.20. The standard InChI is InChI=1S/C14H17ClN4O/c1-18-5-2-6-19(8-7-18)13-14(20)17-11-4-3-10(15)9-12(11)16-13/h3-4,9H,2,5-8H2,1H3,(H,17,20). The van der Waals surface area contributed by atoms with Crippen LogP contribution in [-0.2, 0) is 0 Å². The SMILES string of the molecule is CN1CCCN(c2nc3cc(Cl)ccc3[nH]c2=O)CC1. The first-order chi connectivity index (χ1) is 9.63. The van der Waals surface area contributed by atoms with Crippen molar-refractivity contribution in [1.82, 2.24) is 14.9 Å². The van der Waals surface area contributed by atoms with E-state index in [0.717, 1.165) is 43.6 Å². The highest BCUT2D eigenvalue weighted by Crippen LogP contribution is 2.17. The summed E-state index contributed by atoms with van der Waals surface area (Å²) in [5, 5.41) is 0.624. The van der Waals surface area contributed by atoms with E-state index >= 15 is 0 Å². The molecular weight excluding hydrogens is 276 g/mol. The van der Waals surface area contributed by atoms with Gasteiger partial charge in [0.05, 0.1) is 11.0 Å². The van der Waals surface area contributed by atoms with Crippen molar-refractivity contribution < 1.29 is 0 Å². The van der Waals surface area contributed by atoms with E-state index in [1.54, 1.807) is 18.2 Å². The molecule has 1 saturated heterocycles. The van der Waals surface area contributed by atoms with Crippen molar-refractivity contribution in [2.24, 2.45) is 0 Å². The molecule has 1 aliphatic rings. The monoisotopic (exact) mass is 292 g/mol. The molecule has 0 saturated carbocycles. The first kappa shape index (κ1) is 13.4. The molecule has 3 rings (SSSR count). The first-order valence-corrected chi connectivity index (χ1v) is 7.14. The Morgan fingerprint density at radius 1 is 1.25 bits per heavy atom. The number of anilines is 1. The number of benzene rings is 1. The van der Waals surface area contributed by atoms with Crippen LogP contribution in [0.15, 0.2) is 23.0 Å². The van der Waals surface area contributed by atoms with Crippen LogP contribution in [0.25, 0.3) is 11.0 Å². The fraction of sp³-hybridized carbons (Fsp3) is 0.429. The van der Waals surface area contributed by atoms with Crippen molar-refractivity contribution in [3.63, 3.8) is 0 Å². The van der Waals surface area contributed by atoms with Crippen LogP contribution in [0.1, 0.15) is 6.42 Å². The molecule has 0 radical (unpaired) electrons. The highest BCUT2D eigenvalue weighted by molar-refractivity contribution is 6.31. The van der Waals surface area contributed by atoms with Gasteiger partial charge in [0.15, 0.2) is 5.82 Å². The van der Waals surface area contributed by atoms with Crippen LogP contribution >= 0.6 is 11.6 Å². The molecular formula is C14H17ClN4O. The molecule has 2 heterocycles. The number of rotatable bonds is 1. The molecule has 2 aromatic rings. The van der Waals surface area contributed by atoms with Gasteiger partial charge < -0.3 is 14.8 Å². The Morgan fingerprint density at radius 3 is 2.95 bits per heavy atom. The number of hydrogen-bond donors (Lipinski definition) is 1. The Morgan fingerprint density at radius 2 is 2.10 bits per heavy atom. The van der Waals surface area contributed by atoms with Gasteiger partial charge >= 0.3 is 0 Å². The van der Waals surface area contributed by atoms with Crippen molar-refractivity contribution in [3.05, 3.63) is 33.6 Å². The summed E-state index contributed by atoms with van der Waals surface area (Å²) in [6, 6.07) is 5.31. The van der Waals surface area contributed by atoms with E-state index in [4.69, 9.17) is 11.6 Å². The second-order valence-electron chi connectivity index (χ2n) is 5.19. The van der Waals surface area contributed by atoms with Crippen LogP contribution in [0.5, 0.6) is 0 Å². The lowest BCUT2D eigenvalue weighted by Crippen LogP contribution is -2.33. The Balaban J connectivity index is 2.02. The van der Waals surface area contributed by atoms with Crippen LogP contribution in [0.3, 0.4) is 0 Å². The van der Waals surface area contributed by atoms with Crippen molar-refractivity contribution in [3.8, 4) is 0 Å². The lowest BCUT2D eigenvalue weighted by molar-refractivity contribution is 0.360. The van der Waals surface area contributed by atoms with Crippen molar-refractivity contribution >= 4 is 28.5 Å². The Bertz CT molecular complexity index is 684. The zero-order chi connectivity index (χ0) is 14.1. The molecule has 0 unspecified atom stereocenters. The van der Waals surface area contributed by atoms with Crippen molar-refractivity contribution in [2.75, 3.05) is 38.1 Å². The number of H-pyrrole nitrogens is 1. The van der Waals surface area contributed by atoms with E-state index in [9.17, 15) is 4.79 Å². The molecule has 1 fully saturated rings. The van der Waals surface area contributed by atoms with E-state index in [2.05, 4.69) is 26.8 Å². The molecule has 20 heavy (non-hydrogen) atoms. The molecule has 0 atom stereocenters. The van der Waals surface area contributed by atoms with Crippen molar-refractivity contribution in [1.29, 1.82) is 0 Å². The predicted octanol–water partition coefficient (Wildman–Crippen LogP) is 1.72. The van der Waals surface area contributed by atoms with E-state index in [1.807, 2.05) is 0 Å². The largest absolute Gasteiger partial charge is 0.351 e. The van der Waals surface area contributed by atoms with Gasteiger partial charge in [0, 0.05) is 24.7 Å². The molecule has 0 bridgehead atoms. The Kier molecular flexibility index (Phi) is 3.63. The number of nitrogens with one attached hydrogen (secondary N) is 1. The molecule has 1 aromatic carbocycles. The molecule has 6 heteroatoms. The van der Waals surface area contributed by atoms with Crippen LogP contribution in [0, 0.1) is 0 Å². The highest BCUT2D eigenvalue weighted by atomic mass is 35.5. The number of hydrogen-bond acceptors (Lipinski definition) is 4. The van der Waals surface area contributed by atoms with Gasteiger partial charge in [0.1, 0.15) is 0 Å². The van der Waals surface area contributed by atoms with Gasteiger partial charge in [-0.3, -0.25) is 4.79 Å². The quantitative estimate of drug-likeness (QED) is 0.869. The number of aromatic nitrogens is 2. The van der Waals surface area contributed by atoms with E-state index in [-0.39, 0.29) is 5.56 Å². The van der Waals surface area contributed by atoms with Gasteiger partial charge in [-0.25, -0.2) is 4.98 Å². The third-order valence-electron chi connectivity index (χ3n) is 3.66. The summed E-state index contributed by atoms with van der Waals surface area (Å²) >= 11 is 5.99. The van der Waals surface area contributed by atoms with Gasteiger partial charge in [0.2, 0.25) is 0 Å². The smallest absolute Gasteiger partial charge is 0.291 e. The highest BCUT2D eigenvalue weighted by Gasteiger charge is 2.17. The van der Waals surface area contributed by atoms with E-state index in [1.165, 1.54) is 0 Å². The molecule has 0 aliphatic carbocycles. The molecule has 1 aliphatic heterocycles. The second kappa shape index (κ2) is 5.42. The van der Waals surface area contributed by atoms with Crippen LogP contribution in [0.4, 0.5) is 5.82 Å². The maximum atomic E-state index is 12.2. The summed E-state index contributed by atoms with van der Waals surface area (Å²) in [7, 11) is 2.10. The van der Waals surface area contributed by atoms with Gasteiger partial charge in [-0.1, -0.05) is 11.6 Å². The minimum Gasteiger partial charge on any atom is -0.351 e. The second-order valence-corrected chi connectivity index (χ2v) is 5.63. The van der Waals surface area contributed by atoms with Gasteiger partial charge in [-0.15, -0.1) is 0 Å². The maximum Gasteiger partial charge on any atom is 0.291 e. The maximum absolute atomic E-state index is 12.2. The van der Waals surface area contributed by atoms with Crippen molar-refractivity contribution in [2.45, 2.75) is 6.42 Å². The third kappa shape index (κ3) is 2.64. The Hall–Kier alpha value is -1.59. The topological polar surface area (TPSA) is 52.2 Å². The average Bonchev–Trinajstić information content (AvgIpc) is 2.63.